The molecule has 4 heteroatoms. The molecule has 1 aromatic carbocycles. The molecule has 0 radical (unpaired) electrons. The zero-order valence-corrected chi connectivity index (χ0v) is 14.9. The molecule has 2 bridgehead atoms. The van der Waals surface area contributed by atoms with E-state index in [4.69, 9.17) is 0 Å². The molecule has 4 nitrogen and oxygen atoms in total. The lowest BCUT2D eigenvalue weighted by Crippen LogP contribution is -2.53. The standard InChI is InChI=1S/C21H28N2O2/c24-19(10-6-9-16-7-2-1-3-8-16)23-18-12-11-17(15-18)20(23)21(25)22-13-4-5-14-22/h1-3,7-8,17-18,20H,4-6,9-15H2/t17-,18+,20+/m1/s1. The quantitative estimate of drug-likeness (QED) is 0.827. The number of piperidine rings is 1. The smallest absolute Gasteiger partial charge is 0.245 e. The van der Waals surface area contributed by atoms with Gasteiger partial charge in [0.15, 0.2) is 0 Å². The number of aryl methyl sites for hydroxylation is 1. The molecule has 2 aliphatic heterocycles. The summed E-state index contributed by atoms with van der Waals surface area (Å²) in [7, 11) is 0. The van der Waals surface area contributed by atoms with Crippen molar-refractivity contribution in [3.8, 4) is 0 Å². The number of fused-ring (bicyclic) bond motifs is 2. The van der Waals surface area contributed by atoms with Gasteiger partial charge < -0.3 is 9.80 Å². The molecule has 4 rings (SSSR count). The van der Waals surface area contributed by atoms with Crippen LogP contribution in [0.4, 0.5) is 0 Å². The summed E-state index contributed by atoms with van der Waals surface area (Å²) in [6.45, 7) is 1.76. The Hall–Kier alpha value is -1.84. The SMILES string of the molecule is O=C([C@@H]1[C@@H]2CC[C@@H](C2)N1C(=O)CCCc1ccccc1)N1CCCC1. The zero-order valence-electron chi connectivity index (χ0n) is 14.9. The van der Waals surface area contributed by atoms with Crippen LogP contribution in [0.15, 0.2) is 30.3 Å². The van der Waals surface area contributed by atoms with Crippen molar-refractivity contribution in [2.45, 2.75) is 63.5 Å². The van der Waals surface area contributed by atoms with E-state index in [2.05, 4.69) is 12.1 Å². The second-order valence-electron chi connectivity index (χ2n) is 7.84. The first kappa shape index (κ1) is 16.6. The first-order valence-corrected chi connectivity index (χ1v) is 9.88. The molecule has 0 N–H and O–H groups in total. The van der Waals surface area contributed by atoms with Gasteiger partial charge in [-0.2, -0.15) is 0 Å². The van der Waals surface area contributed by atoms with Crippen molar-refractivity contribution in [2.75, 3.05) is 13.1 Å². The van der Waals surface area contributed by atoms with Crippen molar-refractivity contribution >= 4 is 11.8 Å². The van der Waals surface area contributed by atoms with Gasteiger partial charge in [0.1, 0.15) is 6.04 Å². The van der Waals surface area contributed by atoms with E-state index in [0.29, 0.717) is 18.4 Å². The van der Waals surface area contributed by atoms with Crippen LogP contribution in [-0.2, 0) is 16.0 Å². The maximum absolute atomic E-state index is 13.0. The van der Waals surface area contributed by atoms with Crippen molar-refractivity contribution in [1.29, 1.82) is 0 Å². The number of carbonyl (C=O) groups excluding carboxylic acids is 2. The molecule has 3 fully saturated rings. The van der Waals surface area contributed by atoms with Crippen LogP contribution in [0.25, 0.3) is 0 Å². The minimum absolute atomic E-state index is 0.166. The Bertz CT molecular complexity index is 624. The number of likely N-dealkylation sites (tertiary alicyclic amines) is 2. The highest BCUT2D eigenvalue weighted by molar-refractivity contribution is 5.89. The van der Waals surface area contributed by atoms with E-state index < -0.39 is 0 Å². The number of rotatable bonds is 5. The van der Waals surface area contributed by atoms with Crippen LogP contribution in [-0.4, -0.2) is 46.8 Å². The molecular weight excluding hydrogens is 312 g/mol. The van der Waals surface area contributed by atoms with Gasteiger partial charge in [-0.25, -0.2) is 0 Å². The molecule has 1 saturated carbocycles. The second kappa shape index (κ2) is 7.19. The number of nitrogens with zero attached hydrogens (tertiary/aromatic N) is 2. The summed E-state index contributed by atoms with van der Waals surface area (Å²) in [5.41, 5.74) is 1.28. The Morgan fingerprint density at radius 1 is 1.04 bits per heavy atom. The molecule has 134 valence electrons. The maximum Gasteiger partial charge on any atom is 0.245 e. The monoisotopic (exact) mass is 340 g/mol. The van der Waals surface area contributed by atoms with E-state index in [1.54, 1.807) is 0 Å². The van der Waals surface area contributed by atoms with Gasteiger partial charge in [0.25, 0.3) is 0 Å². The Morgan fingerprint density at radius 3 is 2.56 bits per heavy atom. The minimum atomic E-state index is -0.166. The third-order valence-corrected chi connectivity index (χ3v) is 6.24. The molecule has 2 amide bonds. The number of amides is 2. The van der Waals surface area contributed by atoms with Crippen LogP contribution < -0.4 is 0 Å². The summed E-state index contributed by atoms with van der Waals surface area (Å²) < 4.78 is 0. The van der Waals surface area contributed by atoms with Crippen LogP contribution in [0.3, 0.4) is 0 Å². The summed E-state index contributed by atoms with van der Waals surface area (Å²) in [5.74, 6) is 0.818. The third-order valence-electron chi connectivity index (χ3n) is 6.24. The first-order valence-electron chi connectivity index (χ1n) is 9.88. The van der Waals surface area contributed by atoms with Crippen LogP contribution in [0.1, 0.15) is 50.5 Å². The van der Waals surface area contributed by atoms with E-state index in [-0.39, 0.29) is 17.9 Å². The topological polar surface area (TPSA) is 40.6 Å². The predicted octanol–water partition coefficient (Wildman–Crippen LogP) is 3.01. The number of carbonyl (C=O) groups is 2. The Balaban J connectivity index is 1.38. The summed E-state index contributed by atoms with van der Waals surface area (Å²) >= 11 is 0. The predicted molar refractivity (Wildman–Crippen MR) is 97.0 cm³/mol. The molecule has 0 unspecified atom stereocenters. The zero-order chi connectivity index (χ0) is 17.2. The Kier molecular flexibility index (Phi) is 4.78. The fourth-order valence-corrected chi connectivity index (χ4v) is 5.01. The molecule has 3 atom stereocenters. The van der Waals surface area contributed by atoms with Gasteiger partial charge in [0, 0.05) is 25.6 Å². The lowest BCUT2D eigenvalue weighted by atomic mass is 9.96. The summed E-state index contributed by atoms with van der Waals surface area (Å²) in [4.78, 5) is 29.9. The van der Waals surface area contributed by atoms with Crippen LogP contribution in [0.2, 0.25) is 0 Å². The van der Waals surface area contributed by atoms with Gasteiger partial charge in [-0.1, -0.05) is 30.3 Å². The lowest BCUT2D eigenvalue weighted by molar-refractivity contribution is -0.147. The van der Waals surface area contributed by atoms with Crippen molar-refractivity contribution in [1.82, 2.24) is 9.80 Å². The van der Waals surface area contributed by atoms with Gasteiger partial charge in [-0.3, -0.25) is 9.59 Å². The van der Waals surface area contributed by atoms with E-state index in [0.717, 1.165) is 58.0 Å². The lowest BCUT2D eigenvalue weighted by Gasteiger charge is -2.36. The highest BCUT2D eigenvalue weighted by Crippen LogP contribution is 2.43. The number of hydrogen-bond donors (Lipinski definition) is 0. The van der Waals surface area contributed by atoms with Gasteiger partial charge in [0.05, 0.1) is 0 Å². The van der Waals surface area contributed by atoms with Crippen LogP contribution in [0.5, 0.6) is 0 Å². The van der Waals surface area contributed by atoms with E-state index in [1.165, 1.54) is 5.56 Å². The molecule has 1 aliphatic carbocycles. The molecule has 25 heavy (non-hydrogen) atoms. The first-order chi connectivity index (χ1) is 12.2. The highest BCUT2D eigenvalue weighted by atomic mass is 16.2. The van der Waals surface area contributed by atoms with Gasteiger partial charge in [-0.05, 0) is 56.4 Å². The van der Waals surface area contributed by atoms with Crippen molar-refractivity contribution in [3.05, 3.63) is 35.9 Å². The number of hydrogen-bond acceptors (Lipinski definition) is 2. The van der Waals surface area contributed by atoms with Crippen molar-refractivity contribution < 1.29 is 9.59 Å². The molecular formula is C21H28N2O2. The van der Waals surface area contributed by atoms with Crippen LogP contribution >= 0.6 is 0 Å². The minimum Gasteiger partial charge on any atom is -0.341 e. The molecule has 0 spiro atoms. The second-order valence-corrected chi connectivity index (χ2v) is 7.84. The Morgan fingerprint density at radius 2 is 1.80 bits per heavy atom. The summed E-state index contributed by atoms with van der Waals surface area (Å²) in [5, 5.41) is 0. The molecule has 2 saturated heterocycles. The van der Waals surface area contributed by atoms with Gasteiger partial charge in [0.2, 0.25) is 11.8 Å². The molecule has 3 aliphatic rings. The van der Waals surface area contributed by atoms with Crippen LogP contribution in [0, 0.1) is 5.92 Å². The third kappa shape index (κ3) is 3.31. The van der Waals surface area contributed by atoms with E-state index in [1.807, 2.05) is 28.0 Å². The Labute approximate surface area is 150 Å². The highest BCUT2D eigenvalue weighted by Gasteiger charge is 2.51. The van der Waals surface area contributed by atoms with Crippen molar-refractivity contribution in [2.24, 2.45) is 5.92 Å². The molecule has 0 aromatic heterocycles. The van der Waals surface area contributed by atoms with Crippen molar-refractivity contribution in [3.63, 3.8) is 0 Å². The fraction of sp³-hybridized carbons (Fsp3) is 0.619. The average molecular weight is 340 g/mol. The fourth-order valence-electron chi connectivity index (χ4n) is 5.01. The normalized spacial score (nSPS) is 27.9. The summed E-state index contributed by atoms with van der Waals surface area (Å²) in [6.07, 6.45) is 7.80. The van der Waals surface area contributed by atoms with Gasteiger partial charge in [-0.15, -0.1) is 0 Å². The summed E-state index contributed by atoms with van der Waals surface area (Å²) in [6, 6.07) is 10.5. The van der Waals surface area contributed by atoms with E-state index in [9.17, 15) is 9.59 Å². The average Bonchev–Trinajstić information content (AvgIpc) is 3.38. The molecule has 1 aromatic rings. The largest absolute Gasteiger partial charge is 0.341 e. The maximum atomic E-state index is 13.0. The van der Waals surface area contributed by atoms with Gasteiger partial charge >= 0.3 is 0 Å². The van der Waals surface area contributed by atoms with E-state index >= 15 is 0 Å². The molecule has 2 heterocycles. The number of benzene rings is 1.